The molecule has 1 amide bonds. The molecule has 0 saturated carbocycles. The Labute approximate surface area is 158 Å². The van der Waals surface area contributed by atoms with Gasteiger partial charge in [0, 0.05) is 26.3 Å². The van der Waals surface area contributed by atoms with Crippen LogP contribution in [0.1, 0.15) is 21.6 Å². The van der Waals surface area contributed by atoms with Crippen molar-refractivity contribution in [3.05, 3.63) is 83.7 Å². The van der Waals surface area contributed by atoms with E-state index in [2.05, 4.69) is 15.3 Å². The van der Waals surface area contributed by atoms with E-state index in [0.29, 0.717) is 24.7 Å². The second-order valence-corrected chi connectivity index (χ2v) is 6.11. The molecule has 138 valence electrons. The smallest absolute Gasteiger partial charge is 0.272 e. The number of anilines is 1. The Bertz CT molecular complexity index is 882. The van der Waals surface area contributed by atoms with Crippen molar-refractivity contribution in [1.82, 2.24) is 14.9 Å². The number of hydrogen-bond acceptors (Lipinski definition) is 5. The molecule has 6 heteroatoms. The van der Waals surface area contributed by atoms with Gasteiger partial charge in [-0.1, -0.05) is 42.5 Å². The molecule has 0 fully saturated rings. The average Bonchev–Trinajstić information content (AvgIpc) is 2.73. The summed E-state index contributed by atoms with van der Waals surface area (Å²) in [4.78, 5) is 22.8. The molecule has 0 aliphatic carbocycles. The number of methoxy groups -OCH3 is 1. The molecular formula is C21H22N4O2. The molecule has 1 N–H and O–H groups in total. The summed E-state index contributed by atoms with van der Waals surface area (Å²) in [5, 5.41) is 3.15. The molecule has 1 aromatic heterocycles. The number of amides is 1. The van der Waals surface area contributed by atoms with E-state index in [1.165, 1.54) is 0 Å². The molecule has 0 unspecified atom stereocenters. The van der Waals surface area contributed by atoms with Gasteiger partial charge in [0.05, 0.1) is 7.11 Å². The van der Waals surface area contributed by atoms with Crippen LogP contribution >= 0.6 is 0 Å². The van der Waals surface area contributed by atoms with Crippen LogP contribution in [0.15, 0.2) is 66.9 Å². The zero-order chi connectivity index (χ0) is 19.1. The lowest BCUT2D eigenvalue weighted by Crippen LogP contribution is -2.27. The Morgan fingerprint density at radius 3 is 2.48 bits per heavy atom. The third-order valence-electron chi connectivity index (χ3n) is 4.09. The second kappa shape index (κ2) is 8.80. The van der Waals surface area contributed by atoms with Crippen LogP contribution in [-0.2, 0) is 13.1 Å². The number of nitrogens with zero attached hydrogens (tertiary/aromatic N) is 3. The van der Waals surface area contributed by atoms with Crippen LogP contribution < -0.4 is 10.1 Å². The predicted octanol–water partition coefficient (Wildman–Crippen LogP) is 3.37. The highest BCUT2D eigenvalue weighted by molar-refractivity contribution is 5.92. The van der Waals surface area contributed by atoms with Gasteiger partial charge < -0.3 is 15.0 Å². The van der Waals surface area contributed by atoms with Crippen LogP contribution in [0.4, 0.5) is 5.95 Å². The Hall–Kier alpha value is -3.41. The highest BCUT2D eigenvalue weighted by atomic mass is 16.5. The number of hydrogen-bond donors (Lipinski definition) is 1. The SMILES string of the molecule is COc1ccc(CNc2nccc(C(=O)N(C)Cc3ccccc3)n2)cc1. The third kappa shape index (κ3) is 5.04. The fourth-order valence-corrected chi connectivity index (χ4v) is 2.61. The summed E-state index contributed by atoms with van der Waals surface area (Å²) in [6, 6.07) is 19.2. The van der Waals surface area contributed by atoms with Gasteiger partial charge >= 0.3 is 0 Å². The van der Waals surface area contributed by atoms with Crippen LogP contribution in [0, 0.1) is 0 Å². The Kier molecular flexibility index (Phi) is 5.99. The van der Waals surface area contributed by atoms with Crippen molar-refractivity contribution in [2.24, 2.45) is 0 Å². The first-order valence-electron chi connectivity index (χ1n) is 8.65. The highest BCUT2D eigenvalue weighted by Crippen LogP contribution is 2.13. The molecule has 1 heterocycles. The number of rotatable bonds is 7. The predicted molar refractivity (Wildman–Crippen MR) is 105 cm³/mol. The molecule has 0 spiro atoms. The minimum Gasteiger partial charge on any atom is -0.497 e. The van der Waals surface area contributed by atoms with Crippen molar-refractivity contribution in [3.63, 3.8) is 0 Å². The summed E-state index contributed by atoms with van der Waals surface area (Å²) in [6.45, 7) is 1.08. The normalized spacial score (nSPS) is 10.3. The molecule has 3 aromatic rings. The number of ether oxygens (including phenoxy) is 1. The van der Waals surface area contributed by atoms with Gasteiger partial charge in [-0.25, -0.2) is 9.97 Å². The van der Waals surface area contributed by atoms with E-state index in [1.807, 2.05) is 54.6 Å². The minimum atomic E-state index is -0.145. The highest BCUT2D eigenvalue weighted by Gasteiger charge is 2.14. The van der Waals surface area contributed by atoms with Crippen molar-refractivity contribution in [2.45, 2.75) is 13.1 Å². The van der Waals surface area contributed by atoms with Crippen LogP contribution in [0.2, 0.25) is 0 Å². The molecule has 0 aliphatic heterocycles. The van der Waals surface area contributed by atoms with Crippen molar-refractivity contribution in [3.8, 4) is 5.75 Å². The summed E-state index contributed by atoms with van der Waals surface area (Å²) < 4.78 is 5.15. The number of carbonyl (C=O) groups excluding carboxylic acids is 1. The van der Waals surface area contributed by atoms with Gasteiger partial charge in [0.25, 0.3) is 5.91 Å². The lowest BCUT2D eigenvalue weighted by atomic mass is 10.2. The van der Waals surface area contributed by atoms with Gasteiger partial charge in [0.2, 0.25) is 5.95 Å². The van der Waals surface area contributed by atoms with E-state index < -0.39 is 0 Å². The van der Waals surface area contributed by atoms with Gasteiger partial charge in [0.1, 0.15) is 11.4 Å². The third-order valence-corrected chi connectivity index (χ3v) is 4.09. The largest absolute Gasteiger partial charge is 0.497 e. The van der Waals surface area contributed by atoms with E-state index in [-0.39, 0.29) is 5.91 Å². The monoisotopic (exact) mass is 362 g/mol. The average molecular weight is 362 g/mol. The first-order valence-corrected chi connectivity index (χ1v) is 8.65. The maximum Gasteiger partial charge on any atom is 0.272 e. The van der Waals surface area contributed by atoms with Crippen molar-refractivity contribution < 1.29 is 9.53 Å². The number of aromatic nitrogens is 2. The van der Waals surface area contributed by atoms with Gasteiger partial charge in [0.15, 0.2) is 0 Å². The van der Waals surface area contributed by atoms with E-state index in [4.69, 9.17) is 4.74 Å². The fourth-order valence-electron chi connectivity index (χ4n) is 2.61. The maximum absolute atomic E-state index is 12.6. The standard InChI is InChI=1S/C21H22N4O2/c1-25(15-17-6-4-3-5-7-17)20(26)19-12-13-22-21(24-19)23-14-16-8-10-18(27-2)11-9-16/h3-13H,14-15H2,1-2H3,(H,22,23,24). The molecule has 0 atom stereocenters. The van der Waals surface area contributed by atoms with Crippen molar-refractivity contribution in [2.75, 3.05) is 19.5 Å². The summed E-state index contributed by atoms with van der Waals surface area (Å²) in [7, 11) is 3.40. The van der Waals surface area contributed by atoms with Gasteiger partial charge in [-0.05, 0) is 29.3 Å². The molecule has 0 aliphatic rings. The van der Waals surface area contributed by atoms with E-state index >= 15 is 0 Å². The summed E-state index contributed by atoms with van der Waals surface area (Å²) >= 11 is 0. The maximum atomic E-state index is 12.6. The van der Waals surface area contributed by atoms with Gasteiger partial charge in [-0.15, -0.1) is 0 Å². The minimum absolute atomic E-state index is 0.145. The van der Waals surface area contributed by atoms with E-state index in [9.17, 15) is 4.79 Å². The quantitative estimate of drug-likeness (QED) is 0.698. The zero-order valence-electron chi connectivity index (χ0n) is 15.4. The van der Waals surface area contributed by atoms with E-state index in [1.54, 1.807) is 31.3 Å². The Morgan fingerprint density at radius 1 is 1.04 bits per heavy atom. The molecule has 0 radical (unpaired) electrons. The fraction of sp³-hybridized carbons (Fsp3) is 0.190. The number of benzene rings is 2. The van der Waals surface area contributed by atoms with Crippen LogP contribution in [-0.4, -0.2) is 34.9 Å². The molecule has 27 heavy (non-hydrogen) atoms. The summed E-state index contributed by atoms with van der Waals surface area (Å²) in [5.41, 5.74) is 2.50. The zero-order valence-corrected chi connectivity index (χ0v) is 15.4. The Morgan fingerprint density at radius 2 is 1.78 bits per heavy atom. The van der Waals surface area contributed by atoms with Gasteiger partial charge in [-0.3, -0.25) is 4.79 Å². The topological polar surface area (TPSA) is 67.3 Å². The van der Waals surface area contributed by atoms with Crippen LogP contribution in [0.3, 0.4) is 0 Å². The molecule has 0 saturated heterocycles. The van der Waals surface area contributed by atoms with E-state index in [0.717, 1.165) is 16.9 Å². The molecule has 2 aromatic carbocycles. The Balaban J connectivity index is 1.62. The van der Waals surface area contributed by atoms with Gasteiger partial charge in [-0.2, -0.15) is 0 Å². The molecule has 3 rings (SSSR count). The summed E-state index contributed by atoms with van der Waals surface area (Å²) in [6.07, 6.45) is 1.59. The number of nitrogens with one attached hydrogen (secondary N) is 1. The molecule has 6 nitrogen and oxygen atoms in total. The summed E-state index contributed by atoms with van der Waals surface area (Å²) in [5.74, 6) is 1.09. The lowest BCUT2D eigenvalue weighted by molar-refractivity contribution is 0.0779. The van der Waals surface area contributed by atoms with Crippen LogP contribution in [0.5, 0.6) is 5.75 Å². The molecular weight excluding hydrogens is 340 g/mol. The first-order chi connectivity index (χ1) is 13.2. The van der Waals surface area contributed by atoms with Crippen LogP contribution in [0.25, 0.3) is 0 Å². The lowest BCUT2D eigenvalue weighted by Gasteiger charge is -2.17. The first kappa shape index (κ1) is 18.4. The van der Waals surface area contributed by atoms with Crippen molar-refractivity contribution >= 4 is 11.9 Å². The molecule has 0 bridgehead atoms. The second-order valence-electron chi connectivity index (χ2n) is 6.11. The number of carbonyl (C=O) groups is 1. The van der Waals surface area contributed by atoms with Crippen molar-refractivity contribution in [1.29, 1.82) is 0 Å².